The number of rotatable bonds is 4. The summed E-state index contributed by atoms with van der Waals surface area (Å²) in [5.74, 6) is 1.58. The molecule has 2 aromatic heterocycles. The van der Waals surface area contributed by atoms with Gasteiger partial charge in [-0.2, -0.15) is 9.97 Å². The van der Waals surface area contributed by atoms with Gasteiger partial charge >= 0.3 is 0 Å². The summed E-state index contributed by atoms with van der Waals surface area (Å²) in [6.45, 7) is 12.3. The Morgan fingerprint density at radius 3 is 2.44 bits per heavy atom. The molecule has 2 unspecified atom stereocenters. The van der Waals surface area contributed by atoms with E-state index in [-0.39, 0.29) is 34.2 Å². The monoisotopic (exact) mass is 478 g/mol. The zero-order valence-electron chi connectivity index (χ0n) is 19.3. The number of nitrogens with zero attached hydrogens (tertiary/aromatic N) is 6. The molecule has 1 saturated heterocycles. The van der Waals surface area contributed by atoms with Gasteiger partial charge in [-0.15, -0.1) is 0 Å². The third-order valence-electron chi connectivity index (χ3n) is 6.48. The van der Waals surface area contributed by atoms with Crippen LogP contribution in [0.5, 0.6) is 0 Å². The standard InChI is InChI=1S/C23H29Cl2FN6/c1-12(2)20(16-7-8-18(26)17(24)9-16)31-10-14(4)32(11-13(31)3)22-19-21(28-23(25)29-22)30(6)15(5)27-19/h7-9,12-14,20H,10-11H2,1-6H3/t13-,14?,20?/m1/s1. The summed E-state index contributed by atoms with van der Waals surface area (Å²) >= 11 is 12.4. The Kier molecular flexibility index (Phi) is 6.36. The van der Waals surface area contributed by atoms with Crippen molar-refractivity contribution >= 4 is 40.2 Å². The number of hydrogen-bond donors (Lipinski definition) is 0. The number of aromatic nitrogens is 4. The van der Waals surface area contributed by atoms with Crippen LogP contribution in [0.3, 0.4) is 0 Å². The Bertz CT molecular complexity index is 1150. The lowest BCUT2D eigenvalue weighted by Crippen LogP contribution is -2.58. The first-order valence-electron chi connectivity index (χ1n) is 10.9. The molecule has 32 heavy (non-hydrogen) atoms. The fourth-order valence-electron chi connectivity index (χ4n) is 4.82. The van der Waals surface area contributed by atoms with Crippen molar-refractivity contribution in [3.8, 4) is 0 Å². The largest absolute Gasteiger partial charge is 0.349 e. The molecule has 4 rings (SSSR count). The molecule has 0 N–H and O–H groups in total. The van der Waals surface area contributed by atoms with Crippen LogP contribution in [0.1, 0.15) is 45.1 Å². The van der Waals surface area contributed by atoms with E-state index in [1.807, 2.05) is 24.6 Å². The summed E-state index contributed by atoms with van der Waals surface area (Å²) in [5, 5.41) is 0.384. The van der Waals surface area contributed by atoms with E-state index >= 15 is 0 Å². The highest BCUT2D eigenvalue weighted by Crippen LogP contribution is 2.37. The van der Waals surface area contributed by atoms with E-state index in [1.54, 1.807) is 6.07 Å². The molecule has 3 aromatic rings. The highest BCUT2D eigenvalue weighted by atomic mass is 35.5. The first-order chi connectivity index (χ1) is 15.1. The molecule has 0 bridgehead atoms. The van der Waals surface area contributed by atoms with Crippen LogP contribution >= 0.6 is 23.2 Å². The fourth-order valence-corrected chi connectivity index (χ4v) is 5.17. The van der Waals surface area contributed by atoms with Gasteiger partial charge in [-0.05, 0) is 56.0 Å². The van der Waals surface area contributed by atoms with Crippen molar-refractivity contribution < 1.29 is 4.39 Å². The zero-order valence-corrected chi connectivity index (χ0v) is 20.8. The summed E-state index contributed by atoms with van der Waals surface area (Å²) in [6.07, 6.45) is 0. The van der Waals surface area contributed by atoms with Gasteiger partial charge in [0.25, 0.3) is 0 Å². The number of benzene rings is 1. The molecule has 3 atom stereocenters. The SMILES string of the molecule is Cc1nc2c(N3C[C@@H](C)N(C(c4ccc(F)c(Cl)c4)C(C)C)CC3C)nc(Cl)nc2n1C. The van der Waals surface area contributed by atoms with E-state index in [0.717, 1.165) is 41.5 Å². The second-order valence-electron chi connectivity index (χ2n) is 9.12. The minimum Gasteiger partial charge on any atom is -0.349 e. The number of imidazole rings is 1. The van der Waals surface area contributed by atoms with E-state index in [1.165, 1.54) is 6.07 Å². The first-order valence-corrected chi connectivity index (χ1v) is 11.7. The number of piperazine rings is 1. The molecule has 1 aliphatic heterocycles. The predicted octanol–water partition coefficient (Wildman–Crippen LogP) is 5.41. The van der Waals surface area contributed by atoms with Gasteiger partial charge in [-0.25, -0.2) is 9.37 Å². The number of halogens is 3. The molecule has 0 saturated carbocycles. The van der Waals surface area contributed by atoms with Crippen LogP contribution < -0.4 is 4.90 Å². The second kappa shape index (κ2) is 8.76. The number of aryl methyl sites for hydroxylation is 2. The van der Waals surface area contributed by atoms with Crippen molar-refractivity contribution in [2.45, 2.75) is 52.7 Å². The summed E-state index contributed by atoms with van der Waals surface area (Å²) in [5.41, 5.74) is 2.54. The van der Waals surface area contributed by atoms with Crippen molar-refractivity contribution in [2.75, 3.05) is 18.0 Å². The van der Waals surface area contributed by atoms with E-state index in [2.05, 4.69) is 47.5 Å². The van der Waals surface area contributed by atoms with Crippen LogP contribution in [-0.4, -0.2) is 49.6 Å². The molecule has 3 heterocycles. The molecule has 0 radical (unpaired) electrons. The predicted molar refractivity (Wildman–Crippen MR) is 128 cm³/mol. The fraction of sp³-hybridized carbons (Fsp3) is 0.522. The number of anilines is 1. The minimum absolute atomic E-state index is 0.124. The van der Waals surface area contributed by atoms with Crippen LogP contribution in [0.15, 0.2) is 18.2 Å². The van der Waals surface area contributed by atoms with E-state index in [4.69, 9.17) is 28.2 Å². The lowest BCUT2D eigenvalue weighted by Gasteiger charge is -2.49. The Balaban J connectivity index is 1.68. The van der Waals surface area contributed by atoms with Crippen LogP contribution in [0, 0.1) is 18.7 Å². The lowest BCUT2D eigenvalue weighted by atomic mass is 9.91. The third kappa shape index (κ3) is 4.06. The Hall–Kier alpha value is -1.96. The van der Waals surface area contributed by atoms with E-state index < -0.39 is 0 Å². The Labute approximate surface area is 198 Å². The second-order valence-corrected chi connectivity index (χ2v) is 9.86. The molecule has 9 heteroatoms. The first kappa shape index (κ1) is 23.2. The highest BCUT2D eigenvalue weighted by molar-refractivity contribution is 6.30. The maximum atomic E-state index is 13.8. The van der Waals surface area contributed by atoms with Gasteiger partial charge < -0.3 is 9.47 Å². The molecule has 1 aromatic carbocycles. The minimum atomic E-state index is -0.389. The molecule has 6 nitrogen and oxygen atoms in total. The van der Waals surface area contributed by atoms with Crippen molar-refractivity contribution in [1.29, 1.82) is 0 Å². The van der Waals surface area contributed by atoms with Crippen molar-refractivity contribution in [3.63, 3.8) is 0 Å². The normalized spacial score (nSPS) is 21.0. The molecule has 1 fully saturated rings. The zero-order chi connectivity index (χ0) is 23.3. The van der Waals surface area contributed by atoms with Gasteiger partial charge in [0.2, 0.25) is 5.28 Å². The van der Waals surface area contributed by atoms with Gasteiger partial charge in [0, 0.05) is 38.3 Å². The molecule has 0 aliphatic carbocycles. The van der Waals surface area contributed by atoms with Gasteiger partial charge in [-0.3, -0.25) is 4.90 Å². The molecule has 0 spiro atoms. The van der Waals surface area contributed by atoms with Gasteiger partial charge in [-0.1, -0.05) is 31.5 Å². The Morgan fingerprint density at radius 2 is 1.78 bits per heavy atom. The van der Waals surface area contributed by atoms with Crippen LogP contribution in [0.4, 0.5) is 10.2 Å². The molecular weight excluding hydrogens is 450 g/mol. The lowest BCUT2D eigenvalue weighted by molar-refractivity contribution is 0.0821. The van der Waals surface area contributed by atoms with Gasteiger partial charge in [0.15, 0.2) is 17.0 Å². The van der Waals surface area contributed by atoms with Gasteiger partial charge in [0.1, 0.15) is 11.6 Å². The quantitative estimate of drug-likeness (QED) is 0.468. The average molecular weight is 479 g/mol. The molecule has 172 valence electrons. The van der Waals surface area contributed by atoms with Crippen molar-refractivity contribution in [3.05, 3.63) is 45.7 Å². The molecular formula is C23H29Cl2FN6. The summed E-state index contributed by atoms with van der Waals surface area (Å²) in [7, 11) is 1.93. The topological polar surface area (TPSA) is 50.1 Å². The summed E-state index contributed by atoms with van der Waals surface area (Å²) in [4.78, 5) is 18.4. The smallest absolute Gasteiger partial charge is 0.226 e. The van der Waals surface area contributed by atoms with Gasteiger partial charge in [0.05, 0.1) is 5.02 Å². The van der Waals surface area contributed by atoms with E-state index in [0.29, 0.717) is 5.92 Å². The summed E-state index contributed by atoms with van der Waals surface area (Å²) < 4.78 is 15.7. The van der Waals surface area contributed by atoms with Crippen LogP contribution in [-0.2, 0) is 7.05 Å². The number of fused-ring (bicyclic) bond motifs is 1. The molecule has 0 amide bonds. The van der Waals surface area contributed by atoms with E-state index in [9.17, 15) is 4.39 Å². The number of hydrogen-bond acceptors (Lipinski definition) is 5. The average Bonchev–Trinajstić information content (AvgIpc) is 3.00. The maximum Gasteiger partial charge on any atom is 0.226 e. The van der Waals surface area contributed by atoms with Crippen molar-refractivity contribution in [1.82, 2.24) is 24.4 Å². The summed E-state index contributed by atoms with van der Waals surface area (Å²) in [6, 6.07) is 5.57. The van der Waals surface area contributed by atoms with Crippen molar-refractivity contribution in [2.24, 2.45) is 13.0 Å². The van der Waals surface area contributed by atoms with Crippen LogP contribution in [0.2, 0.25) is 10.3 Å². The van der Waals surface area contributed by atoms with Crippen LogP contribution in [0.25, 0.3) is 11.2 Å². The highest BCUT2D eigenvalue weighted by Gasteiger charge is 2.37. The third-order valence-corrected chi connectivity index (χ3v) is 6.94. The Morgan fingerprint density at radius 1 is 1.06 bits per heavy atom. The molecule has 1 aliphatic rings. The maximum absolute atomic E-state index is 13.8.